The molecule has 0 bridgehead atoms. The van der Waals surface area contributed by atoms with Crippen LogP contribution in [0.1, 0.15) is 26.2 Å². The van der Waals surface area contributed by atoms with Gasteiger partial charge in [0.25, 0.3) is 0 Å². The van der Waals surface area contributed by atoms with Crippen molar-refractivity contribution in [1.29, 1.82) is 0 Å². The highest BCUT2D eigenvalue weighted by Gasteiger charge is 2.15. The van der Waals surface area contributed by atoms with Crippen LogP contribution in [0.4, 0.5) is 0 Å². The zero-order chi connectivity index (χ0) is 8.10. The van der Waals surface area contributed by atoms with Gasteiger partial charge in [-0.1, -0.05) is 13.3 Å². The largest absolute Gasteiger partial charge is 0.230 e. The number of rotatable bonds is 4. The molecule has 0 aromatic carbocycles. The Labute approximate surface area is 69.3 Å². The van der Waals surface area contributed by atoms with E-state index in [1.54, 1.807) is 0 Å². The zero-order valence-corrected chi connectivity index (χ0v) is 7.58. The summed E-state index contributed by atoms with van der Waals surface area (Å²) in [5.74, 6) is 0. The molecule has 1 heterocycles. The summed E-state index contributed by atoms with van der Waals surface area (Å²) in [5.41, 5.74) is 4.35. The molecule has 1 rings (SSSR count). The summed E-state index contributed by atoms with van der Waals surface area (Å²) in [6, 6.07) is 0. The molecule has 0 unspecified atom stereocenters. The molecule has 1 aliphatic rings. The van der Waals surface area contributed by atoms with Crippen molar-refractivity contribution in [2.45, 2.75) is 26.2 Å². The van der Waals surface area contributed by atoms with E-state index in [9.17, 15) is 0 Å². The normalized spacial score (nSPS) is 19.9. The Balaban J connectivity index is 2.12. The van der Waals surface area contributed by atoms with E-state index in [1.807, 2.05) is 0 Å². The molecule has 1 saturated heterocycles. The smallest absolute Gasteiger partial charge is 0.0334 e. The molecule has 0 atom stereocenters. The van der Waals surface area contributed by atoms with Crippen molar-refractivity contribution in [3.63, 3.8) is 0 Å². The summed E-state index contributed by atoms with van der Waals surface area (Å²) in [7, 11) is 2.12. The second-order valence-electron chi connectivity index (χ2n) is 3.05. The Morgan fingerprint density at radius 1 is 1.55 bits per heavy atom. The van der Waals surface area contributed by atoms with Crippen molar-refractivity contribution in [3.05, 3.63) is 0 Å². The topological polar surface area (TPSA) is 20.6 Å². The van der Waals surface area contributed by atoms with Crippen molar-refractivity contribution in [2.75, 3.05) is 26.7 Å². The van der Waals surface area contributed by atoms with E-state index in [0.717, 1.165) is 19.6 Å². The van der Waals surface area contributed by atoms with Gasteiger partial charge in [-0.2, -0.15) is 5.12 Å². The fourth-order valence-electron chi connectivity index (χ4n) is 1.25. The number of nitrogens with zero attached hydrogens (tertiary/aromatic N) is 3. The van der Waals surface area contributed by atoms with Gasteiger partial charge in [0.15, 0.2) is 0 Å². The summed E-state index contributed by atoms with van der Waals surface area (Å²) >= 11 is 0. The monoisotopic (exact) mass is 156 g/mol. The summed E-state index contributed by atoms with van der Waals surface area (Å²) < 4.78 is 0. The van der Waals surface area contributed by atoms with Crippen LogP contribution in [0.5, 0.6) is 0 Å². The van der Waals surface area contributed by atoms with Gasteiger partial charge in [0.05, 0.1) is 0 Å². The lowest BCUT2D eigenvalue weighted by Crippen LogP contribution is -2.41. The molecule has 0 aromatic heterocycles. The van der Waals surface area contributed by atoms with Crippen molar-refractivity contribution in [3.8, 4) is 0 Å². The second-order valence-corrected chi connectivity index (χ2v) is 3.05. The van der Waals surface area contributed by atoms with E-state index >= 15 is 0 Å². The summed E-state index contributed by atoms with van der Waals surface area (Å²) in [6.07, 6.45) is 3.75. The first-order valence-electron chi connectivity index (χ1n) is 4.50. The van der Waals surface area contributed by atoms with Crippen molar-refractivity contribution >= 4 is 0 Å². The van der Waals surface area contributed by atoms with Gasteiger partial charge in [-0.15, -0.1) is 5.43 Å². The lowest BCUT2D eigenvalue weighted by atomic mass is 10.3. The third-order valence-corrected chi connectivity index (χ3v) is 2.01. The van der Waals surface area contributed by atoms with Gasteiger partial charge in [-0.05, 0) is 12.8 Å². The van der Waals surface area contributed by atoms with Gasteiger partial charge in [0.1, 0.15) is 0 Å². The fourth-order valence-corrected chi connectivity index (χ4v) is 1.25. The summed E-state index contributed by atoms with van der Waals surface area (Å²) in [6.45, 7) is 5.48. The minimum absolute atomic E-state index is 1.01. The summed E-state index contributed by atoms with van der Waals surface area (Å²) in [4.78, 5) is 0. The van der Waals surface area contributed by atoms with Crippen LogP contribution in [0, 0.1) is 0 Å². The first-order chi connectivity index (χ1) is 5.34. The van der Waals surface area contributed by atoms with Crippen molar-refractivity contribution in [2.24, 2.45) is 0 Å². The first-order valence-corrected chi connectivity index (χ1v) is 4.50. The Hall–Kier alpha value is -0.120. The molecule has 1 radical (unpaired) electrons. The molecule has 0 saturated carbocycles. The minimum Gasteiger partial charge on any atom is -0.230 e. The Morgan fingerprint density at radius 3 is 2.91 bits per heavy atom. The quantitative estimate of drug-likeness (QED) is 0.601. The van der Waals surface area contributed by atoms with Gasteiger partial charge in [0.2, 0.25) is 0 Å². The molecule has 0 spiro atoms. The Morgan fingerprint density at radius 2 is 2.36 bits per heavy atom. The van der Waals surface area contributed by atoms with Gasteiger partial charge in [0, 0.05) is 26.7 Å². The molecule has 3 nitrogen and oxygen atoms in total. The van der Waals surface area contributed by atoms with Crippen LogP contribution in [-0.4, -0.2) is 36.8 Å². The molecule has 1 fully saturated rings. The molecule has 0 amide bonds. The Kier molecular flexibility index (Phi) is 3.83. The zero-order valence-electron chi connectivity index (χ0n) is 7.58. The van der Waals surface area contributed by atoms with Gasteiger partial charge in [-0.3, -0.25) is 0 Å². The number of hydrogen-bond donors (Lipinski definition) is 0. The van der Waals surface area contributed by atoms with Crippen LogP contribution in [0.15, 0.2) is 0 Å². The van der Waals surface area contributed by atoms with Crippen LogP contribution in [-0.2, 0) is 0 Å². The van der Waals surface area contributed by atoms with Gasteiger partial charge >= 0.3 is 0 Å². The molecule has 0 aromatic rings. The summed E-state index contributed by atoms with van der Waals surface area (Å²) in [5, 5.41) is 4.31. The minimum atomic E-state index is 1.01. The second kappa shape index (κ2) is 4.70. The van der Waals surface area contributed by atoms with E-state index in [1.165, 1.54) is 19.3 Å². The van der Waals surface area contributed by atoms with Crippen LogP contribution in [0.3, 0.4) is 0 Å². The van der Waals surface area contributed by atoms with E-state index in [-0.39, 0.29) is 0 Å². The maximum Gasteiger partial charge on any atom is 0.0334 e. The van der Waals surface area contributed by atoms with E-state index in [4.69, 9.17) is 0 Å². The highest BCUT2D eigenvalue weighted by molar-refractivity contribution is 4.58. The number of unbranched alkanes of at least 4 members (excludes halogenated alkanes) is 1. The molecule has 0 N–H and O–H groups in total. The third-order valence-electron chi connectivity index (χ3n) is 2.01. The maximum absolute atomic E-state index is 4.35. The number of hydrogen-bond acceptors (Lipinski definition) is 2. The fraction of sp³-hybridized carbons (Fsp3) is 1.00. The van der Waals surface area contributed by atoms with Crippen LogP contribution in [0.25, 0.3) is 0 Å². The first kappa shape index (κ1) is 8.97. The predicted octanol–water partition coefficient (Wildman–Crippen LogP) is 0.858. The number of hydrazine groups is 1. The lowest BCUT2D eigenvalue weighted by molar-refractivity contribution is -0.0251. The predicted molar refractivity (Wildman–Crippen MR) is 45.9 cm³/mol. The molecular formula is C8H18N3. The lowest BCUT2D eigenvalue weighted by Gasteiger charge is -2.25. The standard InChI is InChI=1S/C8H18N3/c1-3-4-7-10(2)11-8-5-6-9-11/h3-8H2,1-2H3. The molecule has 11 heavy (non-hydrogen) atoms. The molecule has 65 valence electrons. The molecular weight excluding hydrogens is 138 g/mol. The average molecular weight is 156 g/mol. The highest BCUT2D eigenvalue weighted by Crippen LogP contribution is 2.02. The Bertz CT molecular complexity index is 99.5. The van der Waals surface area contributed by atoms with E-state index < -0.39 is 0 Å². The average Bonchev–Trinajstić information content (AvgIpc) is 2.52. The third kappa shape index (κ3) is 2.77. The SMILES string of the molecule is CCCCN(C)N1CCC[N]1. The van der Waals surface area contributed by atoms with Crippen molar-refractivity contribution < 1.29 is 0 Å². The van der Waals surface area contributed by atoms with Crippen LogP contribution in [0.2, 0.25) is 0 Å². The maximum atomic E-state index is 4.35. The van der Waals surface area contributed by atoms with Gasteiger partial charge in [-0.25, -0.2) is 5.01 Å². The van der Waals surface area contributed by atoms with Crippen molar-refractivity contribution in [1.82, 2.24) is 15.6 Å². The van der Waals surface area contributed by atoms with E-state index in [2.05, 4.69) is 29.5 Å². The van der Waals surface area contributed by atoms with Crippen LogP contribution < -0.4 is 5.43 Å². The van der Waals surface area contributed by atoms with Gasteiger partial charge < -0.3 is 0 Å². The molecule has 3 heteroatoms. The highest BCUT2D eigenvalue weighted by atomic mass is 15.8. The molecule has 0 aliphatic carbocycles. The van der Waals surface area contributed by atoms with Crippen LogP contribution >= 0.6 is 0 Å². The molecule has 1 aliphatic heterocycles. The van der Waals surface area contributed by atoms with E-state index in [0.29, 0.717) is 0 Å².